The molecule has 148 valence electrons. The molecule has 0 spiro atoms. The van der Waals surface area contributed by atoms with E-state index in [1.165, 1.54) is 12.1 Å². The molecular weight excluding hydrogens is 379 g/mol. The molecule has 0 aliphatic rings. The molecule has 6 heteroatoms. The smallest absolute Gasteiger partial charge is 0.321 e. The van der Waals surface area contributed by atoms with E-state index in [1.807, 2.05) is 6.07 Å². The third-order valence-corrected chi connectivity index (χ3v) is 4.48. The van der Waals surface area contributed by atoms with Gasteiger partial charge in [-0.3, -0.25) is 9.59 Å². The Hall–Kier alpha value is -3.41. The fourth-order valence-electron chi connectivity index (χ4n) is 2.99. The number of amides is 1. The normalized spacial score (nSPS) is 11.2. The summed E-state index contributed by atoms with van der Waals surface area (Å²) in [6.07, 6.45) is -4.68. The van der Waals surface area contributed by atoms with Crippen LogP contribution < -0.4 is 5.32 Å². The van der Waals surface area contributed by atoms with Gasteiger partial charge in [0, 0.05) is 17.5 Å². The Labute approximate surface area is 166 Å². The topological polar surface area (TPSA) is 46.2 Å². The summed E-state index contributed by atoms with van der Waals surface area (Å²) in [6, 6.07) is 18.2. The van der Waals surface area contributed by atoms with E-state index in [9.17, 15) is 22.8 Å². The van der Waals surface area contributed by atoms with Crippen molar-refractivity contribution in [1.82, 2.24) is 0 Å². The molecule has 0 aromatic heterocycles. The predicted molar refractivity (Wildman–Crippen MR) is 105 cm³/mol. The van der Waals surface area contributed by atoms with Crippen LogP contribution in [0, 0.1) is 6.92 Å². The number of anilines is 1. The number of rotatable bonds is 5. The maximum atomic E-state index is 12.9. The number of aryl methyl sites for hydroxylation is 1. The number of alkyl halides is 3. The fraction of sp³-hybridized carbons (Fsp3) is 0.130. The highest BCUT2D eigenvalue weighted by Gasteiger charge is 2.30. The molecule has 0 atom stereocenters. The summed E-state index contributed by atoms with van der Waals surface area (Å²) in [7, 11) is 0. The second-order valence-corrected chi connectivity index (χ2v) is 6.61. The lowest BCUT2D eigenvalue weighted by atomic mass is 9.99. The van der Waals surface area contributed by atoms with E-state index >= 15 is 0 Å². The zero-order valence-electron chi connectivity index (χ0n) is 15.6. The number of halogens is 3. The van der Waals surface area contributed by atoms with E-state index in [4.69, 9.17) is 0 Å². The van der Waals surface area contributed by atoms with Gasteiger partial charge in [0.05, 0.1) is 11.3 Å². The average Bonchev–Trinajstić information content (AvgIpc) is 2.68. The van der Waals surface area contributed by atoms with Crippen LogP contribution in [0.5, 0.6) is 0 Å². The summed E-state index contributed by atoms with van der Waals surface area (Å²) in [5.74, 6) is -0.743. The second-order valence-electron chi connectivity index (χ2n) is 6.61. The van der Waals surface area contributed by atoms with E-state index in [0.29, 0.717) is 11.3 Å². The molecule has 1 amide bonds. The summed E-state index contributed by atoms with van der Waals surface area (Å²) < 4.78 is 38.7. The largest absolute Gasteiger partial charge is 0.416 e. The van der Waals surface area contributed by atoms with Crippen molar-refractivity contribution in [3.8, 4) is 0 Å². The molecule has 0 fully saturated rings. The minimum atomic E-state index is -4.47. The number of carbonyl (C=O) groups is 2. The van der Waals surface area contributed by atoms with E-state index in [2.05, 4.69) is 5.32 Å². The van der Waals surface area contributed by atoms with Crippen molar-refractivity contribution in [2.24, 2.45) is 0 Å². The molecular formula is C23H18F3NO2. The number of carbonyl (C=O) groups excluding carboxylic acids is 2. The van der Waals surface area contributed by atoms with Crippen molar-refractivity contribution >= 4 is 17.4 Å². The summed E-state index contributed by atoms with van der Waals surface area (Å²) in [5, 5.41) is 2.73. The van der Waals surface area contributed by atoms with Gasteiger partial charge in [-0.1, -0.05) is 48.5 Å². The highest BCUT2D eigenvalue weighted by Crippen LogP contribution is 2.30. The molecule has 0 saturated heterocycles. The molecule has 1 N–H and O–H groups in total. The molecule has 0 radical (unpaired) electrons. The molecule has 3 nitrogen and oxygen atoms in total. The van der Waals surface area contributed by atoms with Crippen LogP contribution in [0.1, 0.15) is 37.4 Å². The number of benzene rings is 3. The zero-order valence-corrected chi connectivity index (χ0v) is 15.6. The van der Waals surface area contributed by atoms with Crippen LogP contribution in [0.15, 0.2) is 72.8 Å². The Bertz CT molecular complexity index is 1060. The molecule has 0 aliphatic heterocycles. The van der Waals surface area contributed by atoms with Crippen LogP contribution in [-0.2, 0) is 12.6 Å². The van der Waals surface area contributed by atoms with Crippen molar-refractivity contribution in [3.05, 3.63) is 101 Å². The predicted octanol–water partition coefficient (Wildman–Crippen LogP) is 5.69. The van der Waals surface area contributed by atoms with E-state index < -0.39 is 11.7 Å². The first kappa shape index (κ1) is 20.3. The van der Waals surface area contributed by atoms with Gasteiger partial charge in [-0.2, -0.15) is 13.2 Å². The summed E-state index contributed by atoms with van der Waals surface area (Å²) in [4.78, 5) is 25.3. The molecule has 3 aromatic carbocycles. The first-order valence-electron chi connectivity index (χ1n) is 8.91. The minimum absolute atomic E-state index is 0.207. The fourth-order valence-corrected chi connectivity index (χ4v) is 2.99. The molecule has 3 aromatic rings. The van der Waals surface area contributed by atoms with Gasteiger partial charge in [0.15, 0.2) is 5.78 Å². The van der Waals surface area contributed by atoms with Crippen LogP contribution in [0.4, 0.5) is 18.9 Å². The molecule has 0 bridgehead atoms. The molecule has 0 saturated carbocycles. The Kier molecular flexibility index (Phi) is 5.82. The average molecular weight is 397 g/mol. The third kappa shape index (κ3) is 4.90. The first-order chi connectivity index (χ1) is 13.8. The number of hydrogen-bond donors (Lipinski definition) is 1. The van der Waals surface area contributed by atoms with Crippen molar-refractivity contribution in [3.63, 3.8) is 0 Å². The maximum absolute atomic E-state index is 12.9. The monoisotopic (exact) mass is 397 g/mol. The van der Waals surface area contributed by atoms with Gasteiger partial charge in [0.25, 0.3) is 5.91 Å². The summed E-state index contributed by atoms with van der Waals surface area (Å²) in [6.45, 7) is 1.81. The van der Waals surface area contributed by atoms with Gasteiger partial charge in [-0.25, -0.2) is 0 Å². The summed E-state index contributed by atoms with van der Waals surface area (Å²) >= 11 is 0. The minimum Gasteiger partial charge on any atom is -0.321 e. The second kappa shape index (κ2) is 8.31. The third-order valence-electron chi connectivity index (χ3n) is 4.48. The molecule has 0 aliphatic carbocycles. The molecule has 0 unspecified atom stereocenters. The molecule has 3 rings (SSSR count). The Balaban J connectivity index is 1.83. The van der Waals surface area contributed by atoms with Crippen molar-refractivity contribution < 1.29 is 22.8 Å². The Morgan fingerprint density at radius 1 is 0.862 bits per heavy atom. The van der Waals surface area contributed by atoms with Crippen molar-refractivity contribution in [2.75, 3.05) is 5.32 Å². The van der Waals surface area contributed by atoms with E-state index in [-0.39, 0.29) is 29.2 Å². The SMILES string of the molecule is Cc1ccccc1C(=O)Nc1ccccc1C(=O)Cc1cccc(C(F)(F)F)c1. The molecule has 0 heterocycles. The standard InChI is InChI=1S/C23H18F3NO2/c1-15-7-2-3-10-18(15)22(29)27-20-12-5-4-11-19(20)21(28)14-16-8-6-9-17(13-16)23(24,25)26/h2-13H,14H2,1H3,(H,27,29). The molecule has 29 heavy (non-hydrogen) atoms. The van der Waals surface area contributed by atoms with Crippen LogP contribution in [0.25, 0.3) is 0 Å². The number of hydrogen-bond acceptors (Lipinski definition) is 2. The highest BCUT2D eigenvalue weighted by molar-refractivity contribution is 6.10. The lowest BCUT2D eigenvalue weighted by Gasteiger charge is -2.12. The van der Waals surface area contributed by atoms with E-state index in [1.54, 1.807) is 49.4 Å². The van der Waals surface area contributed by atoms with Crippen LogP contribution >= 0.6 is 0 Å². The van der Waals surface area contributed by atoms with Gasteiger partial charge in [0.2, 0.25) is 0 Å². The quantitative estimate of drug-likeness (QED) is 0.562. The summed E-state index contributed by atoms with van der Waals surface area (Å²) in [5.41, 5.74) is 1.28. The highest BCUT2D eigenvalue weighted by atomic mass is 19.4. The lowest BCUT2D eigenvalue weighted by Crippen LogP contribution is -2.16. The van der Waals surface area contributed by atoms with Gasteiger partial charge in [0.1, 0.15) is 0 Å². The Morgan fingerprint density at radius 2 is 1.52 bits per heavy atom. The van der Waals surface area contributed by atoms with Crippen LogP contribution in [0.3, 0.4) is 0 Å². The van der Waals surface area contributed by atoms with Gasteiger partial charge in [-0.15, -0.1) is 0 Å². The maximum Gasteiger partial charge on any atom is 0.416 e. The number of para-hydroxylation sites is 1. The number of ketones is 1. The van der Waals surface area contributed by atoms with Gasteiger partial charge in [-0.05, 0) is 42.3 Å². The number of nitrogens with one attached hydrogen (secondary N) is 1. The van der Waals surface area contributed by atoms with E-state index in [0.717, 1.165) is 17.7 Å². The van der Waals surface area contributed by atoms with Gasteiger partial charge < -0.3 is 5.32 Å². The number of Topliss-reactive ketones (excluding diaryl/α,β-unsaturated/α-hetero) is 1. The van der Waals surface area contributed by atoms with Crippen molar-refractivity contribution in [2.45, 2.75) is 19.5 Å². The van der Waals surface area contributed by atoms with Crippen LogP contribution in [-0.4, -0.2) is 11.7 Å². The Morgan fingerprint density at radius 3 is 2.21 bits per heavy atom. The van der Waals surface area contributed by atoms with Crippen LogP contribution in [0.2, 0.25) is 0 Å². The lowest BCUT2D eigenvalue weighted by molar-refractivity contribution is -0.137. The zero-order chi connectivity index (χ0) is 21.0. The first-order valence-corrected chi connectivity index (χ1v) is 8.91. The van der Waals surface area contributed by atoms with Gasteiger partial charge >= 0.3 is 6.18 Å². The van der Waals surface area contributed by atoms with Crippen molar-refractivity contribution in [1.29, 1.82) is 0 Å².